The minimum Gasteiger partial charge on any atom is -0.395 e. The molecule has 0 saturated carbocycles. The fourth-order valence-corrected chi connectivity index (χ4v) is 6.61. The maximum atomic E-state index is 14.5. The van der Waals surface area contributed by atoms with Crippen LogP contribution in [0.1, 0.15) is 64.0 Å². The van der Waals surface area contributed by atoms with Crippen LogP contribution >= 0.6 is 23.2 Å². The molecule has 46 heavy (non-hydrogen) atoms. The molecule has 0 aliphatic carbocycles. The highest BCUT2D eigenvalue weighted by atomic mass is 35.5. The number of aryl methyl sites for hydroxylation is 1. The minimum atomic E-state index is -0.786. The average Bonchev–Trinajstić information content (AvgIpc) is 3.75. The molecule has 10 nitrogen and oxygen atoms in total. The molecule has 1 atom stereocenters. The molecular weight excluding hydrogens is 632 g/mol. The normalized spacial score (nSPS) is 16.3. The van der Waals surface area contributed by atoms with E-state index in [0.29, 0.717) is 29.1 Å². The van der Waals surface area contributed by atoms with Crippen molar-refractivity contribution in [2.75, 3.05) is 36.9 Å². The van der Waals surface area contributed by atoms with Crippen molar-refractivity contribution in [1.29, 1.82) is 0 Å². The molecule has 1 unspecified atom stereocenters. The van der Waals surface area contributed by atoms with Gasteiger partial charge in [0.05, 0.1) is 39.8 Å². The molecule has 2 amide bonds. The van der Waals surface area contributed by atoms with Crippen LogP contribution in [0.2, 0.25) is 10.0 Å². The van der Waals surface area contributed by atoms with Gasteiger partial charge in [-0.25, -0.2) is 4.98 Å². The molecule has 4 heterocycles. The van der Waals surface area contributed by atoms with E-state index >= 15 is 0 Å². The number of likely N-dealkylation sites (tertiary alicyclic amines) is 1. The number of rotatable bonds is 10. The van der Waals surface area contributed by atoms with Crippen molar-refractivity contribution in [3.8, 4) is 11.1 Å². The Labute approximate surface area is 275 Å². The summed E-state index contributed by atoms with van der Waals surface area (Å²) in [5, 5.41) is 22.5. The van der Waals surface area contributed by atoms with Gasteiger partial charge in [-0.2, -0.15) is 9.49 Å². The zero-order valence-corrected chi connectivity index (χ0v) is 26.5. The van der Waals surface area contributed by atoms with Crippen LogP contribution < -0.4 is 16.0 Å². The first-order valence-electron chi connectivity index (χ1n) is 15.3. The molecule has 4 aromatic rings. The number of carbonyl (C=O) groups is 2. The van der Waals surface area contributed by atoms with Crippen molar-refractivity contribution in [1.82, 2.24) is 25.0 Å². The van der Waals surface area contributed by atoms with Crippen molar-refractivity contribution in [3.63, 3.8) is 0 Å². The summed E-state index contributed by atoms with van der Waals surface area (Å²) in [4.78, 5) is 32.6. The largest absolute Gasteiger partial charge is 0.395 e. The lowest BCUT2D eigenvalue weighted by atomic mass is 10.0. The van der Waals surface area contributed by atoms with Crippen LogP contribution in [0.4, 0.5) is 15.8 Å². The summed E-state index contributed by atoms with van der Waals surface area (Å²) in [6, 6.07) is 15.3. The van der Waals surface area contributed by atoms with Gasteiger partial charge in [-0.05, 0) is 63.0 Å². The van der Waals surface area contributed by atoms with Crippen molar-refractivity contribution in [3.05, 3.63) is 93.2 Å². The summed E-state index contributed by atoms with van der Waals surface area (Å²) in [5.74, 6) is -1.79. The first kappa shape index (κ1) is 32.1. The Morgan fingerprint density at radius 3 is 2.17 bits per heavy atom. The van der Waals surface area contributed by atoms with Crippen LogP contribution in [-0.2, 0) is 13.1 Å². The number of aromatic nitrogens is 3. The Morgan fingerprint density at radius 2 is 1.54 bits per heavy atom. The summed E-state index contributed by atoms with van der Waals surface area (Å²) >= 11 is 13.6. The summed E-state index contributed by atoms with van der Waals surface area (Å²) in [6.07, 6.45) is 4.48. The molecular formula is C33H34Cl2FN7O3. The highest BCUT2D eigenvalue weighted by Gasteiger charge is 2.30. The number of halogens is 3. The van der Waals surface area contributed by atoms with Crippen LogP contribution in [0.25, 0.3) is 11.1 Å². The molecule has 0 spiro atoms. The van der Waals surface area contributed by atoms with Gasteiger partial charge >= 0.3 is 0 Å². The number of nitrogens with zero attached hydrogens (tertiary/aromatic N) is 4. The van der Waals surface area contributed by atoms with E-state index in [9.17, 15) is 14.0 Å². The van der Waals surface area contributed by atoms with E-state index < -0.39 is 11.9 Å². The number of nitrogens with one attached hydrogen (secondary N) is 3. The molecule has 4 N–H and O–H groups in total. The van der Waals surface area contributed by atoms with E-state index in [-0.39, 0.29) is 52.1 Å². The third-order valence-electron chi connectivity index (χ3n) is 8.36. The predicted molar refractivity (Wildman–Crippen MR) is 176 cm³/mol. The van der Waals surface area contributed by atoms with Gasteiger partial charge in [0.15, 0.2) is 5.69 Å². The number of aliphatic hydroxyl groups is 1. The average molecular weight is 667 g/mol. The SMILES string of the molecule is O=C(Nc1cccc(-c2cccc(NC(=O)c3cc4n(n3)CCCC4N3CCCC3)c2Cl)c1Cl)c1ccc(CNCCO)c(F)n1. The number of benzene rings is 2. The Kier molecular flexibility index (Phi) is 9.95. The quantitative estimate of drug-likeness (QED) is 0.123. The molecule has 0 bridgehead atoms. The standard InChI is InChI=1S/C33H34Cl2FN7O3/c34-29-21(6-3-8-23(29)39-32(45)25-12-11-20(31(36)38-25)19-37-13-17-44)22-7-4-9-24(30(22)35)40-33(46)26-18-28-27(42-14-1-2-15-42)10-5-16-43(28)41-26/h3-4,6-9,11-12,18,27,37,44H,1-2,5,10,13-17,19H2,(H,39,45)(H,40,46). The van der Waals surface area contributed by atoms with Crippen LogP contribution in [0.3, 0.4) is 0 Å². The lowest BCUT2D eigenvalue weighted by molar-refractivity contribution is 0.101. The minimum absolute atomic E-state index is 0.0775. The number of aliphatic hydroxyl groups excluding tert-OH is 1. The number of carbonyl (C=O) groups excluding carboxylic acids is 2. The van der Waals surface area contributed by atoms with Gasteiger partial charge in [0.1, 0.15) is 5.69 Å². The van der Waals surface area contributed by atoms with Crippen LogP contribution in [0.15, 0.2) is 54.6 Å². The van der Waals surface area contributed by atoms with E-state index in [1.807, 2.05) is 10.7 Å². The zero-order valence-electron chi connectivity index (χ0n) is 25.0. The van der Waals surface area contributed by atoms with Crippen molar-refractivity contribution in [2.45, 2.75) is 44.8 Å². The van der Waals surface area contributed by atoms with E-state index in [4.69, 9.17) is 28.3 Å². The van der Waals surface area contributed by atoms with E-state index in [1.54, 1.807) is 36.4 Å². The predicted octanol–water partition coefficient (Wildman–Crippen LogP) is 5.91. The monoisotopic (exact) mass is 665 g/mol. The van der Waals surface area contributed by atoms with Crippen molar-refractivity contribution >= 4 is 46.4 Å². The van der Waals surface area contributed by atoms with Crippen LogP contribution in [-0.4, -0.2) is 62.8 Å². The van der Waals surface area contributed by atoms with E-state index in [1.165, 1.54) is 25.0 Å². The molecule has 2 aliphatic heterocycles. The second-order valence-electron chi connectivity index (χ2n) is 11.4. The molecule has 0 radical (unpaired) electrons. The van der Waals surface area contributed by atoms with Gasteiger partial charge in [-0.3, -0.25) is 19.2 Å². The van der Waals surface area contributed by atoms with Crippen molar-refractivity contribution < 1.29 is 19.1 Å². The van der Waals surface area contributed by atoms with E-state index in [0.717, 1.165) is 38.2 Å². The number of pyridine rings is 1. The number of anilines is 2. The van der Waals surface area contributed by atoms with Gasteiger partial charge < -0.3 is 21.1 Å². The lowest BCUT2D eigenvalue weighted by Gasteiger charge is -2.31. The van der Waals surface area contributed by atoms with Gasteiger partial charge in [-0.15, -0.1) is 0 Å². The van der Waals surface area contributed by atoms with Crippen LogP contribution in [0, 0.1) is 5.95 Å². The number of hydrogen-bond acceptors (Lipinski definition) is 7. The maximum absolute atomic E-state index is 14.5. The molecule has 1 fully saturated rings. The molecule has 6 rings (SSSR count). The Balaban J connectivity index is 1.18. The van der Waals surface area contributed by atoms with Gasteiger partial charge in [0, 0.05) is 36.3 Å². The number of amides is 2. The highest BCUT2D eigenvalue weighted by Crippen LogP contribution is 2.40. The zero-order chi connectivity index (χ0) is 32.2. The third-order valence-corrected chi connectivity index (χ3v) is 9.18. The number of hydrogen-bond donors (Lipinski definition) is 4. The molecule has 13 heteroatoms. The highest BCUT2D eigenvalue weighted by molar-refractivity contribution is 6.40. The molecule has 2 aromatic heterocycles. The summed E-state index contributed by atoms with van der Waals surface area (Å²) in [7, 11) is 0. The van der Waals surface area contributed by atoms with E-state index in [2.05, 4.69) is 30.9 Å². The van der Waals surface area contributed by atoms with Gasteiger partial charge in [-0.1, -0.05) is 53.5 Å². The third kappa shape index (κ3) is 6.79. The van der Waals surface area contributed by atoms with Gasteiger partial charge in [0.2, 0.25) is 5.95 Å². The summed E-state index contributed by atoms with van der Waals surface area (Å²) < 4.78 is 16.4. The topological polar surface area (TPSA) is 124 Å². The molecule has 2 aliphatic rings. The van der Waals surface area contributed by atoms with Gasteiger partial charge in [0.25, 0.3) is 11.8 Å². The smallest absolute Gasteiger partial charge is 0.276 e. The summed E-state index contributed by atoms with van der Waals surface area (Å²) in [5.41, 5.74) is 3.30. The molecule has 2 aromatic carbocycles. The van der Waals surface area contributed by atoms with Crippen LogP contribution in [0.5, 0.6) is 0 Å². The first-order valence-corrected chi connectivity index (χ1v) is 16.1. The second-order valence-corrected chi connectivity index (χ2v) is 12.1. The summed E-state index contributed by atoms with van der Waals surface area (Å²) in [6.45, 7) is 3.32. The van der Waals surface area contributed by atoms with Crippen molar-refractivity contribution in [2.24, 2.45) is 0 Å². The fraction of sp³-hybridized carbons (Fsp3) is 0.333. The molecule has 240 valence electrons. The Morgan fingerprint density at radius 1 is 0.891 bits per heavy atom. The first-order chi connectivity index (χ1) is 22.3. The molecule has 1 saturated heterocycles. The Hall–Kier alpha value is -3.87. The lowest BCUT2D eigenvalue weighted by Crippen LogP contribution is -2.30. The second kappa shape index (κ2) is 14.3. The number of fused-ring (bicyclic) bond motifs is 1. The Bertz CT molecular complexity index is 1760. The maximum Gasteiger partial charge on any atom is 0.276 e. The fourth-order valence-electron chi connectivity index (χ4n) is 6.06.